The molecule has 0 aliphatic carbocycles. The summed E-state index contributed by atoms with van der Waals surface area (Å²) in [5.41, 5.74) is 0.776. The summed E-state index contributed by atoms with van der Waals surface area (Å²) < 4.78 is 24.9. The molecule has 0 bridgehead atoms. The first-order valence-corrected chi connectivity index (χ1v) is 8.25. The van der Waals surface area contributed by atoms with Gasteiger partial charge < -0.3 is 14.6 Å². The van der Waals surface area contributed by atoms with Crippen molar-refractivity contribution >= 4 is 16.7 Å². The van der Waals surface area contributed by atoms with Crippen molar-refractivity contribution in [1.82, 2.24) is 18.9 Å². The van der Waals surface area contributed by atoms with Gasteiger partial charge in [-0.3, -0.25) is 0 Å². The maximum atomic E-state index is 13.7. The van der Waals surface area contributed by atoms with Gasteiger partial charge in [-0.1, -0.05) is 12.1 Å². The molecule has 8 heteroatoms. The monoisotopic (exact) mass is 347 g/mol. The zero-order valence-corrected chi connectivity index (χ0v) is 14.3. The lowest BCUT2D eigenvalue weighted by molar-refractivity contribution is 0.201. The largest absolute Gasteiger partial charge is 0.384 e. The van der Waals surface area contributed by atoms with E-state index in [0.29, 0.717) is 18.2 Å². The predicted molar refractivity (Wildman–Crippen MR) is 90.6 cm³/mol. The molecule has 6 nitrogen and oxygen atoms in total. The van der Waals surface area contributed by atoms with Gasteiger partial charge in [-0.05, 0) is 17.7 Å². The topological polar surface area (TPSA) is 64.9 Å². The van der Waals surface area contributed by atoms with Gasteiger partial charge in [0.2, 0.25) is 5.13 Å². The van der Waals surface area contributed by atoms with E-state index < -0.39 is 0 Å². The molecule has 2 aromatic heterocycles. The van der Waals surface area contributed by atoms with Crippen LogP contribution in [-0.2, 0) is 18.2 Å². The Kier molecular flexibility index (Phi) is 5.17. The molecule has 3 rings (SSSR count). The summed E-state index contributed by atoms with van der Waals surface area (Å²) in [5.74, 6) is 1.21. The Hall–Kier alpha value is -2.32. The Balaban J connectivity index is 1.88. The van der Waals surface area contributed by atoms with E-state index in [4.69, 9.17) is 4.74 Å². The molecule has 1 N–H and O–H groups in total. The minimum atomic E-state index is -0.316. The minimum Gasteiger partial charge on any atom is -0.384 e. The fourth-order valence-corrected chi connectivity index (χ4v) is 3.01. The van der Waals surface area contributed by atoms with Crippen LogP contribution < -0.4 is 5.32 Å². The average molecular weight is 347 g/mol. The molecule has 0 spiro atoms. The molecule has 126 valence electrons. The van der Waals surface area contributed by atoms with Crippen LogP contribution in [0.3, 0.4) is 0 Å². The maximum Gasteiger partial charge on any atom is 0.203 e. The van der Waals surface area contributed by atoms with Gasteiger partial charge in [0.05, 0.1) is 6.61 Å². The highest BCUT2D eigenvalue weighted by Crippen LogP contribution is 2.26. The number of rotatable bonds is 7. The van der Waals surface area contributed by atoms with Crippen LogP contribution in [0, 0.1) is 5.82 Å². The quantitative estimate of drug-likeness (QED) is 0.712. The number of aryl methyl sites for hydroxylation is 1. The number of imidazole rings is 1. The molecule has 0 saturated carbocycles. The van der Waals surface area contributed by atoms with Gasteiger partial charge in [-0.15, -0.1) is 0 Å². The summed E-state index contributed by atoms with van der Waals surface area (Å²) in [5, 5.41) is 3.98. The third-order valence-corrected chi connectivity index (χ3v) is 4.25. The highest BCUT2D eigenvalue weighted by molar-refractivity contribution is 7.09. The summed E-state index contributed by atoms with van der Waals surface area (Å²) in [6.07, 6.45) is 4.22. The van der Waals surface area contributed by atoms with Crippen molar-refractivity contribution in [2.75, 3.05) is 19.0 Å². The van der Waals surface area contributed by atoms with E-state index >= 15 is 0 Å². The summed E-state index contributed by atoms with van der Waals surface area (Å²) in [6.45, 7) is 0.572. The van der Waals surface area contributed by atoms with Gasteiger partial charge >= 0.3 is 0 Å². The molecule has 0 amide bonds. The van der Waals surface area contributed by atoms with Crippen molar-refractivity contribution in [3.05, 3.63) is 59.7 Å². The summed E-state index contributed by atoms with van der Waals surface area (Å²) >= 11 is 1.27. The second-order valence-corrected chi connectivity index (χ2v) is 6.04. The van der Waals surface area contributed by atoms with E-state index in [0.717, 1.165) is 17.2 Å². The number of halogens is 1. The number of methoxy groups -OCH3 is 1. The fraction of sp³-hybridized carbons (Fsp3) is 0.312. The molecule has 0 fully saturated rings. The van der Waals surface area contributed by atoms with Crippen LogP contribution in [0.5, 0.6) is 0 Å². The molecule has 1 unspecified atom stereocenters. The van der Waals surface area contributed by atoms with Gasteiger partial charge in [0.15, 0.2) is 0 Å². The molecule has 2 heterocycles. The summed E-state index contributed by atoms with van der Waals surface area (Å²) in [7, 11) is 3.55. The molecule has 24 heavy (non-hydrogen) atoms. The van der Waals surface area contributed by atoms with Crippen LogP contribution in [0.15, 0.2) is 36.7 Å². The number of hydrogen-bond acceptors (Lipinski definition) is 6. The van der Waals surface area contributed by atoms with Crippen LogP contribution in [-0.4, -0.2) is 32.6 Å². The van der Waals surface area contributed by atoms with Gasteiger partial charge in [-0.25, -0.2) is 14.4 Å². The zero-order chi connectivity index (χ0) is 16.9. The second-order valence-electron chi connectivity index (χ2n) is 5.29. The van der Waals surface area contributed by atoms with Gasteiger partial charge in [0.25, 0.3) is 0 Å². The van der Waals surface area contributed by atoms with Crippen LogP contribution in [0.1, 0.15) is 23.3 Å². The van der Waals surface area contributed by atoms with Crippen molar-refractivity contribution in [2.24, 2.45) is 7.05 Å². The van der Waals surface area contributed by atoms with Crippen molar-refractivity contribution in [1.29, 1.82) is 0 Å². The van der Waals surface area contributed by atoms with Crippen LogP contribution in [0.25, 0.3) is 0 Å². The molecule has 1 atom stereocenters. The lowest BCUT2D eigenvalue weighted by atomic mass is 10.1. The number of anilines is 1. The number of nitrogens with one attached hydrogen (secondary N) is 1. The van der Waals surface area contributed by atoms with Gasteiger partial charge in [0, 0.05) is 44.5 Å². The van der Waals surface area contributed by atoms with Crippen LogP contribution in [0.4, 0.5) is 9.52 Å². The van der Waals surface area contributed by atoms with Gasteiger partial charge in [-0.2, -0.15) is 4.37 Å². The maximum absolute atomic E-state index is 13.7. The second kappa shape index (κ2) is 7.50. The average Bonchev–Trinajstić information content (AvgIpc) is 3.19. The first-order chi connectivity index (χ1) is 11.7. The number of nitrogens with zero attached hydrogens (tertiary/aromatic N) is 4. The van der Waals surface area contributed by atoms with Crippen LogP contribution >= 0.6 is 11.5 Å². The Bertz CT molecular complexity index is 803. The summed E-state index contributed by atoms with van der Waals surface area (Å²) in [4.78, 5) is 8.85. The van der Waals surface area contributed by atoms with Crippen molar-refractivity contribution in [3.8, 4) is 0 Å². The molecular formula is C16H18FN5OS. The third kappa shape index (κ3) is 3.77. The fourth-order valence-electron chi connectivity index (χ4n) is 2.37. The van der Waals surface area contributed by atoms with Crippen molar-refractivity contribution in [3.63, 3.8) is 0 Å². The number of benzene rings is 1. The summed E-state index contributed by atoms with van der Waals surface area (Å²) in [6, 6.07) is 6.16. The number of hydrogen-bond donors (Lipinski definition) is 1. The molecule has 3 aromatic rings. The van der Waals surface area contributed by atoms with E-state index in [2.05, 4.69) is 19.7 Å². The van der Waals surface area contributed by atoms with Crippen molar-refractivity contribution in [2.45, 2.75) is 12.5 Å². The SMILES string of the molecule is COCCc1nsc(NC(c2cccc(F)c2)c2nccn2C)n1. The van der Waals surface area contributed by atoms with E-state index in [1.54, 1.807) is 19.4 Å². The van der Waals surface area contributed by atoms with E-state index in [-0.39, 0.29) is 11.9 Å². The standard InChI is InChI=1S/C16H18FN5OS/c1-22-8-7-18-15(22)14(11-4-3-5-12(17)10-11)20-16-19-13(21-24-16)6-9-23-2/h3-5,7-8,10,14H,6,9H2,1-2H3,(H,19,20,21). The Morgan fingerprint density at radius 2 is 2.29 bits per heavy atom. The Morgan fingerprint density at radius 3 is 3.00 bits per heavy atom. The molecule has 1 aromatic carbocycles. The number of ether oxygens (including phenoxy) is 1. The molecule has 0 aliphatic rings. The normalized spacial score (nSPS) is 12.3. The first kappa shape index (κ1) is 16.5. The smallest absolute Gasteiger partial charge is 0.203 e. The molecule has 0 radical (unpaired) electrons. The lowest BCUT2D eigenvalue weighted by Crippen LogP contribution is -2.17. The predicted octanol–water partition coefficient (Wildman–Crippen LogP) is 2.80. The number of aromatic nitrogens is 4. The zero-order valence-electron chi connectivity index (χ0n) is 13.4. The highest BCUT2D eigenvalue weighted by Gasteiger charge is 2.20. The molecular weight excluding hydrogens is 329 g/mol. The highest BCUT2D eigenvalue weighted by atomic mass is 32.1. The van der Waals surface area contributed by atoms with E-state index in [1.165, 1.54) is 23.7 Å². The Labute approximate surface area is 143 Å². The Morgan fingerprint density at radius 1 is 1.42 bits per heavy atom. The van der Waals surface area contributed by atoms with E-state index in [1.807, 2.05) is 23.9 Å². The van der Waals surface area contributed by atoms with E-state index in [9.17, 15) is 4.39 Å². The van der Waals surface area contributed by atoms with Crippen LogP contribution in [0.2, 0.25) is 0 Å². The first-order valence-electron chi connectivity index (χ1n) is 7.48. The molecule has 0 aliphatic heterocycles. The minimum absolute atomic E-state index is 0.286. The van der Waals surface area contributed by atoms with Crippen molar-refractivity contribution < 1.29 is 9.13 Å². The lowest BCUT2D eigenvalue weighted by Gasteiger charge is -2.18. The molecule has 0 saturated heterocycles. The van der Waals surface area contributed by atoms with Gasteiger partial charge in [0.1, 0.15) is 23.5 Å². The third-order valence-electron chi connectivity index (χ3n) is 3.56.